The molecule has 1 aromatic carbocycles. The number of carbonyl (C=O) groups is 1. The summed E-state index contributed by atoms with van der Waals surface area (Å²) in [5, 5.41) is 3.04. The quantitative estimate of drug-likeness (QED) is 0.810. The average molecular weight is 272 g/mol. The Balaban J connectivity index is 2.83. The molecule has 20 heavy (non-hydrogen) atoms. The molecule has 0 spiro atoms. The first-order chi connectivity index (χ1) is 9.60. The maximum atomic E-state index is 12.3. The molecule has 0 heterocycles. The molecule has 0 saturated heterocycles. The predicted molar refractivity (Wildman–Crippen MR) is 83.6 cm³/mol. The summed E-state index contributed by atoms with van der Waals surface area (Å²) in [6.07, 6.45) is 3.28. The smallest absolute Gasteiger partial charge is 0.251 e. The Bertz CT molecular complexity index is 511. The van der Waals surface area contributed by atoms with Crippen molar-refractivity contribution >= 4 is 5.91 Å². The molecule has 108 valence electrons. The molecule has 0 aliphatic rings. The summed E-state index contributed by atoms with van der Waals surface area (Å²) < 4.78 is 0. The molecule has 1 rings (SSSR count). The first-order valence-corrected chi connectivity index (χ1v) is 7.19. The number of hydrogen-bond acceptors (Lipinski definition) is 2. The third kappa shape index (κ3) is 4.71. The zero-order chi connectivity index (χ0) is 15.0. The van der Waals surface area contributed by atoms with Gasteiger partial charge in [-0.25, -0.2) is 0 Å². The maximum absolute atomic E-state index is 12.3. The number of nitrogens with two attached hydrogens (primary N) is 1. The van der Waals surface area contributed by atoms with Crippen LogP contribution in [0.1, 0.15) is 54.6 Å². The second-order valence-corrected chi connectivity index (χ2v) is 5.00. The molecule has 0 aromatic heterocycles. The number of rotatable bonds is 5. The predicted octanol–water partition coefficient (Wildman–Crippen LogP) is 2.61. The van der Waals surface area contributed by atoms with Crippen LogP contribution in [0.3, 0.4) is 0 Å². The third-order valence-corrected chi connectivity index (χ3v) is 3.27. The molecular formula is C17H24N2O. The highest BCUT2D eigenvalue weighted by Crippen LogP contribution is 2.13. The SMILES string of the molecule is CCCCC(C)NC(=O)c1cccc(C#CCN)c1C. The van der Waals surface area contributed by atoms with Crippen molar-refractivity contribution in [1.29, 1.82) is 0 Å². The molecule has 0 aliphatic heterocycles. The molecule has 0 radical (unpaired) electrons. The molecule has 1 unspecified atom stereocenters. The lowest BCUT2D eigenvalue weighted by molar-refractivity contribution is 0.0937. The highest BCUT2D eigenvalue weighted by molar-refractivity contribution is 5.96. The lowest BCUT2D eigenvalue weighted by atomic mass is 10.0. The zero-order valence-corrected chi connectivity index (χ0v) is 12.6. The minimum atomic E-state index is -0.0255. The van der Waals surface area contributed by atoms with Gasteiger partial charge in [-0.15, -0.1) is 0 Å². The van der Waals surface area contributed by atoms with Crippen molar-refractivity contribution < 1.29 is 4.79 Å². The normalized spacial score (nSPS) is 11.4. The van der Waals surface area contributed by atoms with Crippen LogP contribution in [0.5, 0.6) is 0 Å². The Hall–Kier alpha value is -1.79. The van der Waals surface area contributed by atoms with Gasteiger partial charge in [0.25, 0.3) is 5.91 Å². The fraction of sp³-hybridized carbons (Fsp3) is 0.471. The van der Waals surface area contributed by atoms with Crippen LogP contribution in [0.4, 0.5) is 0 Å². The molecule has 3 heteroatoms. The first-order valence-electron chi connectivity index (χ1n) is 7.19. The van der Waals surface area contributed by atoms with E-state index in [1.54, 1.807) is 0 Å². The largest absolute Gasteiger partial charge is 0.350 e. The molecule has 3 nitrogen and oxygen atoms in total. The Kier molecular flexibility index (Phi) is 6.83. The summed E-state index contributed by atoms with van der Waals surface area (Å²) in [4.78, 5) is 12.3. The molecule has 0 aliphatic carbocycles. The van der Waals surface area contributed by atoms with E-state index in [1.807, 2.05) is 32.0 Å². The van der Waals surface area contributed by atoms with Gasteiger partial charge in [0.2, 0.25) is 0 Å². The maximum Gasteiger partial charge on any atom is 0.251 e. The molecule has 1 aromatic rings. The zero-order valence-electron chi connectivity index (χ0n) is 12.6. The van der Waals surface area contributed by atoms with Gasteiger partial charge in [0.05, 0.1) is 6.54 Å². The highest BCUT2D eigenvalue weighted by atomic mass is 16.1. The van der Waals surface area contributed by atoms with Gasteiger partial charge < -0.3 is 11.1 Å². The van der Waals surface area contributed by atoms with Crippen molar-refractivity contribution in [2.75, 3.05) is 6.54 Å². The fourth-order valence-corrected chi connectivity index (χ4v) is 2.05. The van der Waals surface area contributed by atoms with E-state index < -0.39 is 0 Å². The minimum Gasteiger partial charge on any atom is -0.350 e. The Morgan fingerprint density at radius 3 is 2.85 bits per heavy atom. The number of amides is 1. The molecule has 0 fully saturated rings. The summed E-state index contributed by atoms with van der Waals surface area (Å²) in [6.45, 7) is 6.44. The molecule has 1 amide bonds. The van der Waals surface area contributed by atoms with Gasteiger partial charge in [-0.3, -0.25) is 4.79 Å². The summed E-state index contributed by atoms with van der Waals surface area (Å²) >= 11 is 0. The minimum absolute atomic E-state index is 0.0255. The summed E-state index contributed by atoms with van der Waals surface area (Å²) in [5.74, 6) is 5.80. The highest BCUT2D eigenvalue weighted by Gasteiger charge is 2.13. The van der Waals surface area contributed by atoms with Crippen molar-refractivity contribution in [1.82, 2.24) is 5.32 Å². The van der Waals surface area contributed by atoms with Crippen molar-refractivity contribution in [3.63, 3.8) is 0 Å². The van der Waals surface area contributed by atoms with Gasteiger partial charge in [0.15, 0.2) is 0 Å². The second kappa shape index (κ2) is 8.39. The Morgan fingerprint density at radius 1 is 1.45 bits per heavy atom. The van der Waals surface area contributed by atoms with Gasteiger partial charge in [0, 0.05) is 17.2 Å². The molecule has 0 bridgehead atoms. The molecule has 1 atom stereocenters. The van der Waals surface area contributed by atoms with E-state index in [1.165, 1.54) is 0 Å². The van der Waals surface area contributed by atoms with Crippen LogP contribution in [0, 0.1) is 18.8 Å². The third-order valence-electron chi connectivity index (χ3n) is 3.27. The van der Waals surface area contributed by atoms with Crippen LogP contribution < -0.4 is 11.1 Å². The van der Waals surface area contributed by atoms with Crippen molar-refractivity contribution in [2.24, 2.45) is 5.73 Å². The number of benzene rings is 1. The monoisotopic (exact) mass is 272 g/mol. The molecule has 3 N–H and O–H groups in total. The van der Waals surface area contributed by atoms with Gasteiger partial charge >= 0.3 is 0 Å². The lowest BCUT2D eigenvalue weighted by Gasteiger charge is -2.15. The van der Waals surface area contributed by atoms with Gasteiger partial charge in [-0.05, 0) is 38.0 Å². The Labute approximate surface area is 121 Å². The van der Waals surface area contributed by atoms with E-state index in [-0.39, 0.29) is 11.9 Å². The number of unbranched alkanes of at least 4 members (excludes halogenated alkanes) is 1. The van der Waals surface area contributed by atoms with Crippen LogP contribution in [-0.4, -0.2) is 18.5 Å². The van der Waals surface area contributed by atoms with E-state index in [2.05, 4.69) is 24.1 Å². The van der Waals surface area contributed by atoms with Gasteiger partial charge in [0.1, 0.15) is 0 Å². The molecular weight excluding hydrogens is 248 g/mol. The molecule has 0 saturated carbocycles. The van der Waals surface area contributed by atoms with Gasteiger partial charge in [-0.2, -0.15) is 0 Å². The number of carbonyl (C=O) groups excluding carboxylic acids is 1. The standard InChI is InChI=1S/C17H24N2O/c1-4-5-8-13(2)19-17(20)16-11-6-9-15(14(16)3)10-7-12-18/h6,9,11,13H,4-5,8,12,18H2,1-3H3,(H,19,20). The van der Waals surface area contributed by atoms with E-state index in [0.29, 0.717) is 12.1 Å². The van der Waals surface area contributed by atoms with E-state index in [4.69, 9.17) is 5.73 Å². The van der Waals surface area contributed by atoms with E-state index in [0.717, 1.165) is 30.4 Å². The van der Waals surface area contributed by atoms with Crippen molar-refractivity contribution in [2.45, 2.75) is 46.1 Å². The first kappa shape index (κ1) is 16.3. The van der Waals surface area contributed by atoms with E-state index in [9.17, 15) is 4.79 Å². The van der Waals surface area contributed by atoms with Crippen LogP contribution >= 0.6 is 0 Å². The Morgan fingerprint density at radius 2 is 2.20 bits per heavy atom. The number of hydrogen-bond donors (Lipinski definition) is 2. The van der Waals surface area contributed by atoms with Crippen LogP contribution in [0.15, 0.2) is 18.2 Å². The number of nitrogens with one attached hydrogen (secondary N) is 1. The van der Waals surface area contributed by atoms with Crippen molar-refractivity contribution in [3.8, 4) is 11.8 Å². The fourth-order valence-electron chi connectivity index (χ4n) is 2.05. The van der Waals surface area contributed by atoms with Crippen LogP contribution in [0.2, 0.25) is 0 Å². The van der Waals surface area contributed by atoms with E-state index >= 15 is 0 Å². The lowest BCUT2D eigenvalue weighted by Crippen LogP contribution is -2.33. The topological polar surface area (TPSA) is 55.1 Å². The summed E-state index contributed by atoms with van der Waals surface area (Å²) in [5.41, 5.74) is 7.85. The van der Waals surface area contributed by atoms with Crippen LogP contribution in [0.25, 0.3) is 0 Å². The summed E-state index contributed by atoms with van der Waals surface area (Å²) in [6, 6.07) is 5.81. The second-order valence-electron chi connectivity index (χ2n) is 5.00. The summed E-state index contributed by atoms with van der Waals surface area (Å²) in [7, 11) is 0. The van der Waals surface area contributed by atoms with Gasteiger partial charge in [-0.1, -0.05) is 37.7 Å². The average Bonchev–Trinajstić information content (AvgIpc) is 2.43. The van der Waals surface area contributed by atoms with Crippen LogP contribution in [-0.2, 0) is 0 Å². The van der Waals surface area contributed by atoms with Crippen molar-refractivity contribution in [3.05, 3.63) is 34.9 Å².